The molecule has 2 atom stereocenters. The van der Waals surface area contributed by atoms with Gasteiger partial charge in [-0.05, 0) is 31.0 Å². The number of amides is 1. The second-order valence-corrected chi connectivity index (χ2v) is 7.00. The maximum Gasteiger partial charge on any atom is 0.257 e. The van der Waals surface area contributed by atoms with E-state index in [4.69, 9.17) is 4.52 Å². The first-order valence-corrected chi connectivity index (χ1v) is 9.00. The Labute approximate surface area is 159 Å². The summed E-state index contributed by atoms with van der Waals surface area (Å²) in [5, 5.41) is 6.84. The minimum absolute atomic E-state index is 0.273. The number of anilines is 1. The van der Waals surface area contributed by atoms with Crippen molar-refractivity contribution in [3.8, 4) is 11.4 Å². The molecule has 0 saturated heterocycles. The Morgan fingerprint density at radius 3 is 3.00 bits per heavy atom. The van der Waals surface area contributed by atoms with Crippen molar-refractivity contribution >= 4 is 23.5 Å². The van der Waals surface area contributed by atoms with Crippen molar-refractivity contribution in [1.29, 1.82) is 0 Å². The molecule has 140 valence electrons. The standard InChI is InChI=1S/C20H16FN5O2/c1-10-2-3-11(18-25-20(28-26-18)13-8-14(13)21)6-16(10)24-19(27)12-7-17-15(23-9-12)4-5-22-17/h2-3,5-7,9,13-14H,4,8H2,1H3,(H,24,27)/t13-,14-/m0/s1. The molecule has 3 heterocycles. The lowest BCUT2D eigenvalue weighted by atomic mass is 10.1. The molecular formula is C20H16FN5O2. The highest BCUT2D eigenvalue weighted by Crippen LogP contribution is 2.43. The summed E-state index contributed by atoms with van der Waals surface area (Å²) in [7, 11) is 0. The highest BCUT2D eigenvalue weighted by Gasteiger charge is 2.43. The Hall–Kier alpha value is -3.42. The lowest BCUT2D eigenvalue weighted by Gasteiger charge is -2.10. The molecule has 1 amide bonds. The smallest absolute Gasteiger partial charge is 0.257 e. The zero-order chi connectivity index (χ0) is 19.3. The molecule has 0 spiro atoms. The minimum Gasteiger partial charge on any atom is -0.339 e. The Kier molecular flexibility index (Phi) is 3.78. The number of carbonyl (C=O) groups is 1. The number of aromatic nitrogens is 3. The Morgan fingerprint density at radius 2 is 2.18 bits per heavy atom. The molecule has 1 fully saturated rings. The van der Waals surface area contributed by atoms with E-state index in [0.29, 0.717) is 41.4 Å². The third-order valence-corrected chi connectivity index (χ3v) is 4.94. The number of fused-ring (bicyclic) bond motifs is 1. The molecule has 7 nitrogen and oxygen atoms in total. The van der Waals surface area contributed by atoms with Gasteiger partial charge in [-0.3, -0.25) is 14.8 Å². The van der Waals surface area contributed by atoms with E-state index in [2.05, 4.69) is 25.4 Å². The predicted molar refractivity (Wildman–Crippen MR) is 101 cm³/mol. The summed E-state index contributed by atoms with van der Waals surface area (Å²) < 4.78 is 18.4. The van der Waals surface area contributed by atoms with Gasteiger partial charge in [0.05, 0.1) is 22.9 Å². The molecule has 1 N–H and O–H groups in total. The van der Waals surface area contributed by atoms with Crippen molar-refractivity contribution in [3.63, 3.8) is 0 Å². The van der Waals surface area contributed by atoms with Crippen molar-refractivity contribution in [2.45, 2.75) is 31.9 Å². The van der Waals surface area contributed by atoms with Crippen LogP contribution < -0.4 is 5.32 Å². The fraction of sp³-hybridized carbons (Fsp3) is 0.250. The first kappa shape index (κ1) is 16.7. The first-order chi connectivity index (χ1) is 13.6. The lowest BCUT2D eigenvalue weighted by Crippen LogP contribution is -2.13. The van der Waals surface area contributed by atoms with Crippen LogP contribution >= 0.6 is 0 Å². The van der Waals surface area contributed by atoms with Gasteiger partial charge in [0.2, 0.25) is 11.7 Å². The molecule has 0 unspecified atom stereocenters. The average molecular weight is 377 g/mol. The van der Waals surface area contributed by atoms with Crippen molar-refractivity contribution in [1.82, 2.24) is 15.1 Å². The molecule has 1 aliphatic carbocycles. The number of benzene rings is 1. The van der Waals surface area contributed by atoms with Crippen LogP contribution in [0.1, 0.15) is 39.8 Å². The van der Waals surface area contributed by atoms with Gasteiger partial charge in [-0.15, -0.1) is 0 Å². The van der Waals surface area contributed by atoms with E-state index in [9.17, 15) is 9.18 Å². The highest BCUT2D eigenvalue weighted by molar-refractivity contribution is 6.05. The van der Waals surface area contributed by atoms with Crippen LogP contribution in [0, 0.1) is 6.92 Å². The maximum atomic E-state index is 13.2. The van der Waals surface area contributed by atoms with E-state index < -0.39 is 6.17 Å². The van der Waals surface area contributed by atoms with Gasteiger partial charge in [0.1, 0.15) is 6.17 Å². The van der Waals surface area contributed by atoms with Gasteiger partial charge in [0.15, 0.2) is 0 Å². The van der Waals surface area contributed by atoms with E-state index in [0.717, 1.165) is 16.9 Å². The number of rotatable bonds is 4. The summed E-state index contributed by atoms with van der Waals surface area (Å²) in [5.41, 5.74) is 4.24. The number of halogens is 1. The fourth-order valence-electron chi connectivity index (χ4n) is 3.12. The van der Waals surface area contributed by atoms with Gasteiger partial charge < -0.3 is 9.84 Å². The van der Waals surface area contributed by atoms with Crippen LogP contribution in [-0.4, -0.2) is 33.4 Å². The number of aliphatic imine (C=N–C) groups is 1. The van der Waals surface area contributed by atoms with E-state index in [1.165, 1.54) is 0 Å². The van der Waals surface area contributed by atoms with E-state index in [-0.39, 0.29) is 11.8 Å². The summed E-state index contributed by atoms with van der Waals surface area (Å²) in [4.78, 5) is 25.5. The summed E-state index contributed by atoms with van der Waals surface area (Å²) >= 11 is 0. The molecular weight excluding hydrogens is 361 g/mol. The van der Waals surface area contributed by atoms with Crippen molar-refractivity contribution in [2.24, 2.45) is 4.99 Å². The van der Waals surface area contributed by atoms with Crippen LogP contribution in [0.4, 0.5) is 15.8 Å². The molecule has 1 aliphatic heterocycles. The second-order valence-electron chi connectivity index (χ2n) is 7.00. The van der Waals surface area contributed by atoms with Crippen LogP contribution in [0.15, 0.2) is 40.0 Å². The molecule has 1 aromatic carbocycles. The zero-order valence-corrected chi connectivity index (χ0v) is 15.0. The van der Waals surface area contributed by atoms with Crippen molar-refractivity contribution in [3.05, 3.63) is 53.2 Å². The average Bonchev–Trinajstić information content (AvgIpc) is 3.11. The monoisotopic (exact) mass is 377 g/mol. The van der Waals surface area contributed by atoms with Gasteiger partial charge in [0.25, 0.3) is 5.91 Å². The summed E-state index contributed by atoms with van der Waals surface area (Å²) in [6.07, 6.45) is 3.55. The van der Waals surface area contributed by atoms with Gasteiger partial charge in [-0.2, -0.15) is 4.98 Å². The van der Waals surface area contributed by atoms with Gasteiger partial charge in [0, 0.05) is 30.1 Å². The van der Waals surface area contributed by atoms with Gasteiger partial charge in [-0.25, -0.2) is 4.39 Å². The second kappa shape index (κ2) is 6.33. The van der Waals surface area contributed by atoms with Crippen LogP contribution in [0.3, 0.4) is 0 Å². The summed E-state index contributed by atoms with van der Waals surface area (Å²) in [6, 6.07) is 7.21. The molecule has 2 aromatic heterocycles. The number of pyridine rings is 1. The molecule has 3 aromatic rings. The highest BCUT2D eigenvalue weighted by atomic mass is 19.1. The number of nitrogens with one attached hydrogen (secondary N) is 1. The summed E-state index contributed by atoms with van der Waals surface area (Å²) in [5.74, 6) is 0.127. The van der Waals surface area contributed by atoms with Gasteiger partial charge in [-0.1, -0.05) is 17.3 Å². The normalized spacial score (nSPS) is 19.5. The summed E-state index contributed by atoms with van der Waals surface area (Å²) in [6.45, 7) is 1.89. The SMILES string of the molecule is Cc1ccc(-c2noc([C@H]3C[C@@H]3F)n2)cc1NC(=O)c1cnc2c(c1)N=CC2. The van der Waals surface area contributed by atoms with E-state index in [1.54, 1.807) is 24.5 Å². The van der Waals surface area contributed by atoms with E-state index in [1.807, 2.05) is 19.1 Å². The number of hydrogen-bond donors (Lipinski definition) is 1. The number of aryl methyl sites for hydroxylation is 1. The maximum absolute atomic E-state index is 13.2. The van der Waals surface area contributed by atoms with Crippen molar-refractivity contribution < 1.29 is 13.7 Å². The topological polar surface area (TPSA) is 93.3 Å². The molecule has 1 saturated carbocycles. The Morgan fingerprint density at radius 1 is 1.32 bits per heavy atom. The van der Waals surface area contributed by atoms with Crippen molar-refractivity contribution in [2.75, 3.05) is 5.32 Å². The largest absolute Gasteiger partial charge is 0.339 e. The molecule has 28 heavy (non-hydrogen) atoms. The van der Waals surface area contributed by atoms with Gasteiger partial charge >= 0.3 is 0 Å². The number of nitrogens with zero attached hydrogens (tertiary/aromatic N) is 4. The van der Waals surface area contributed by atoms with Crippen LogP contribution in [0.25, 0.3) is 11.4 Å². The number of carbonyl (C=O) groups excluding carboxylic acids is 1. The lowest BCUT2D eigenvalue weighted by molar-refractivity contribution is 0.102. The number of alkyl halides is 1. The first-order valence-electron chi connectivity index (χ1n) is 9.00. The van der Waals surface area contributed by atoms with Crippen LogP contribution in [0.2, 0.25) is 0 Å². The van der Waals surface area contributed by atoms with Crippen LogP contribution in [-0.2, 0) is 6.42 Å². The zero-order valence-electron chi connectivity index (χ0n) is 15.0. The molecule has 0 bridgehead atoms. The molecule has 5 rings (SSSR count). The third kappa shape index (κ3) is 2.96. The fourth-order valence-corrected chi connectivity index (χ4v) is 3.12. The Balaban J connectivity index is 1.39. The quantitative estimate of drug-likeness (QED) is 0.747. The predicted octanol–water partition coefficient (Wildman–Crippen LogP) is 3.78. The van der Waals surface area contributed by atoms with Crippen LogP contribution in [0.5, 0.6) is 0 Å². The minimum atomic E-state index is -0.897. The molecule has 0 radical (unpaired) electrons. The van der Waals surface area contributed by atoms with E-state index >= 15 is 0 Å². The Bertz CT molecular complexity index is 1120. The number of hydrogen-bond acceptors (Lipinski definition) is 6. The molecule has 8 heteroatoms. The molecule has 2 aliphatic rings. The third-order valence-electron chi connectivity index (χ3n) is 4.94.